The maximum Gasteiger partial charge on any atom is 0.246 e. The average Bonchev–Trinajstić information content (AvgIpc) is 3.17. The smallest absolute Gasteiger partial charge is 0.246 e. The Bertz CT molecular complexity index is 1020. The van der Waals surface area contributed by atoms with E-state index in [2.05, 4.69) is 10.3 Å². The zero-order chi connectivity index (χ0) is 19.0. The Hall–Kier alpha value is -2.57. The number of carbonyl (C=O) groups excluding carboxylic acids is 1. The van der Waals surface area contributed by atoms with Crippen LogP contribution in [0, 0.1) is 0 Å². The van der Waals surface area contributed by atoms with E-state index in [1.165, 1.54) is 11.3 Å². The number of nitrogens with zero attached hydrogens (tertiary/aromatic N) is 1. The lowest BCUT2D eigenvalue weighted by atomic mass is 10.2. The van der Waals surface area contributed by atoms with Crippen LogP contribution in [0.5, 0.6) is 11.5 Å². The molecule has 138 valence electrons. The number of hydrogen-bond acceptors (Lipinski definition) is 5. The van der Waals surface area contributed by atoms with Crippen LogP contribution in [0.25, 0.3) is 10.6 Å². The number of anilines is 1. The van der Waals surface area contributed by atoms with E-state index in [0.29, 0.717) is 27.9 Å². The van der Waals surface area contributed by atoms with Gasteiger partial charge in [-0.15, -0.1) is 11.3 Å². The Labute approximate surface area is 165 Å². The zero-order valence-corrected chi connectivity index (χ0v) is 16.4. The Morgan fingerprint density at radius 3 is 2.78 bits per heavy atom. The van der Waals surface area contributed by atoms with E-state index < -0.39 is 5.79 Å². The number of halogens is 1. The first-order valence-electron chi connectivity index (χ1n) is 8.41. The molecule has 1 aliphatic heterocycles. The number of nitrogens with one attached hydrogen (secondary N) is 1. The van der Waals surface area contributed by atoms with Crippen LogP contribution in [0.15, 0.2) is 47.8 Å². The van der Waals surface area contributed by atoms with Gasteiger partial charge in [0.1, 0.15) is 5.01 Å². The third-order valence-electron chi connectivity index (χ3n) is 3.94. The van der Waals surface area contributed by atoms with Gasteiger partial charge in [-0.3, -0.25) is 4.79 Å². The van der Waals surface area contributed by atoms with Gasteiger partial charge in [-0.2, -0.15) is 0 Å². The van der Waals surface area contributed by atoms with E-state index in [9.17, 15) is 4.79 Å². The highest BCUT2D eigenvalue weighted by molar-refractivity contribution is 7.13. The number of carbonyl (C=O) groups is 1. The van der Waals surface area contributed by atoms with Crippen LogP contribution in [0.2, 0.25) is 5.02 Å². The van der Waals surface area contributed by atoms with Crippen molar-refractivity contribution in [1.29, 1.82) is 0 Å². The minimum absolute atomic E-state index is 0.149. The maximum absolute atomic E-state index is 12.4. The quantitative estimate of drug-likeness (QED) is 0.657. The van der Waals surface area contributed by atoms with Gasteiger partial charge in [0.05, 0.1) is 17.1 Å². The van der Waals surface area contributed by atoms with Gasteiger partial charge in [-0.1, -0.05) is 29.8 Å². The number of aromatic nitrogens is 1. The third-order valence-corrected chi connectivity index (χ3v) is 5.19. The molecule has 0 bridgehead atoms. The molecule has 7 heteroatoms. The van der Waals surface area contributed by atoms with Crippen LogP contribution < -0.4 is 14.8 Å². The molecule has 0 unspecified atom stereocenters. The molecule has 1 amide bonds. The Balaban J connectivity index is 1.43. The van der Waals surface area contributed by atoms with Crippen molar-refractivity contribution in [2.45, 2.75) is 26.1 Å². The van der Waals surface area contributed by atoms with Gasteiger partial charge in [-0.05, 0) is 18.2 Å². The summed E-state index contributed by atoms with van der Waals surface area (Å²) in [7, 11) is 0. The molecule has 4 rings (SSSR count). The number of thiazole rings is 1. The lowest BCUT2D eigenvalue weighted by Gasteiger charge is -2.16. The Morgan fingerprint density at radius 2 is 1.96 bits per heavy atom. The van der Waals surface area contributed by atoms with Crippen molar-refractivity contribution in [3.05, 3.63) is 58.6 Å². The SMILES string of the molecule is CC1(C)Oc2ccc(NC(=O)Cc3csc(-c4ccccc4Cl)n3)cc2O1. The summed E-state index contributed by atoms with van der Waals surface area (Å²) < 4.78 is 11.4. The van der Waals surface area contributed by atoms with E-state index in [4.69, 9.17) is 21.1 Å². The summed E-state index contributed by atoms with van der Waals surface area (Å²) in [5.41, 5.74) is 2.23. The van der Waals surface area contributed by atoms with Gasteiger partial charge in [0.15, 0.2) is 11.5 Å². The van der Waals surface area contributed by atoms with Gasteiger partial charge in [0, 0.05) is 36.5 Å². The fourth-order valence-corrected chi connectivity index (χ4v) is 3.96. The molecule has 0 atom stereocenters. The number of benzene rings is 2. The molecule has 0 radical (unpaired) electrons. The molecule has 27 heavy (non-hydrogen) atoms. The van der Waals surface area contributed by atoms with Crippen molar-refractivity contribution in [1.82, 2.24) is 4.98 Å². The predicted molar refractivity (Wildman–Crippen MR) is 107 cm³/mol. The molecule has 0 saturated carbocycles. The van der Waals surface area contributed by atoms with Crippen LogP contribution in [0.1, 0.15) is 19.5 Å². The number of fused-ring (bicyclic) bond motifs is 1. The second-order valence-electron chi connectivity index (χ2n) is 6.61. The molecule has 2 heterocycles. The van der Waals surface area contributed by atoms with Gasteiger partial charge in [-0.25, -0.2) is 4.98 Å². The third kappa shape index (κ3) is 3.91. The topological polar surface area (TPSA) is 60.5 Å². The number of hydrogen-bond donors (Lipinski definition) is 1. The number of rotatable bonds is 4. The van der Waals surface area contributed by atoms with Crippen molar-refractivity contribution in [2.75, 3.05) is 5.32 Å². The van der Waals surface area contributed by atoms with Gasteiger partial charge >= 0.3 is 0 Å². The molecule has 0 aliphatic carbocycles. The van der Waals surface area contributed by atoms with Crippen molar-refractivity contribution in [2.24, 2.45) is 0 Å². The van der Waals surface area contributed by atoms with Crippen LogP contribution in [-0.4, -0.2) is 16.7 Å². The number of amides is 1. The monoisotopic (exact) mass is 400 g/mol. The van der Waals surface area contributed by atoms with Crippen LogP contribution in [0.3, 0.4) is 0 Å². The molecule has 0 spiro atoms. The highest BCUT2D eigenvalue weighted by Crippen LogP contribution is 2.40. The zero-order valence-electron chi connectivity index (χ0n) is 14.8. The highest BCUT2D eigenvalue weighted by Gasteiger charge is 2.31. The summed E-state index contributed by atoms with van der Waals surface area (Å²) in [6, 6.07) is 12.9. The summed E-state index contributed by atoms with van der Waals surface area (Å²) in [6.07, 6.45) is 0.181. The summed E-state index contributed by atoms with van der Waals surface area (Å²) in [6.45, 7) is 3.67. The van der Waals surface area contributed by atoms with Gasteiger partial charge in [0.25, 0.3) is 0 Å². The maximum atomic E-state index is 12.4. The summed E-state index contributed by atoms with van der Waals surface area (Å²) in [4.78, 5) is 16.9. The summed E-state index contributed by atoms with van der Waals surface area (Å²) >= 11 is 7.68. The first-order valence-corrected chi connectivity index (χ1v) is 9.67. The van der Waals surface area contributed by atoms with Crippen molar-refractivity contribution in [3.8, 4) is 22.1 Å². The molecule has 1 aliphatic rings. The van der Waals surface area contributed by atoms with Gasteiger partial charge in [0.2, 0.25) is 11.7 Å². The summed E-state index contributed by atoms with van der Waals surface area (Å²) in [5, 5.41) is 6.19. The molecule has 1 aromatic heterocycles. The molecule has 2 aromatic carbocycles. The second-order valence-corrected chi connectivity index (χ2v) is 7.88. The minimum Gasteiger partial charge on any atom is -0.449 e. The van der Waals surface area contributed by atoms with E-state index in [0.717, 1.165) is 10.6 Å². The lowest BCUT2D eigenvalue weighted by Crippen LogP contribution is -2.29. The molecule has 1 N–H and O–H groups in total. The largest absolute Gasteiger partial charge is 0.449 e. The predicted octanol–water partition coefficient (Wildman–Crippen LogP) is 5.15. The second kappa shape index (κ2) is 6.87. The fraction of sp³-hybridized carbons (Fsp3) is 0.200. The Morgan fingerprint density at radius 1 is 1.19 bits per heavy atom. The van der Waals surface area contributed by atoms with E-state index in [-0.39, 0.29) is 12.3 Å². The van der Waals surface area contributed by atoms with E-state index in [1.807, 2.05) is 43.5 Å². The standard InChI is InChI=1S/C20H17ClN2O3S/c1-20(2)25-16-8-7-12(9-17(16)26-20)22-18(24)10-13-11-27-19(23-13)14-5-3-4-6-15(14)21/h3-9,11H,10H2,1-2H3,(H,22,24). The first kappa shape index (κ1) is 17.8. The highest BCUT2D eigenvalue weighted by atomic mass is 35.5. The Kier molecular flexibility index (Phi) is 4.53. The fourth-order valence-electron chi connectivity index (χ4n) is 2.82. The van der Waals surface area contributed by atoms with E-state index in [1.54, 1.807) is 18.2 Å². The first-order chi connectivity index (χ1) is 12.9. The lowest BCUT2D eigenvalue weighted by molar-refractivity contribution is -0.115. The molecular formula is C20H17ClN2O3S. The minimum atomic E-state index is -0.694. The van der Waals surface area contributed by atoms with Crippen LogP contribution >= 0.6 is 22.9 Å². The van der Waals surface area contributed by atoms with Crippen LogP contribution in [0.4, 0.5) is 5.69 Å². The summed E-state index contributed by atoms with van der Waals surface area (Å²) in [5.74, 6) is 0.444. The molecule has 0 saturated heterocycles. The molecule has 5 nitrogen and oxygen atoms in total. The van der Waals surface area contributed by atoms with E-state index >= 15 is 0 Å². The van der Waals surface area contributed by atoms with Crippen LogP contribution in [-0.2, 0) is 11.2 Å². The van der Waals surface area contributed by atoms with Crippen molar-refractivity contribution in [3.63, 3.8) is 0 Å². The molecular weight excluding hydrogens is 384 g/mol. The molecule has 3 aromatic rings. The average molecular weight is 401 g/mol. The van der Waals surface area contributed by atoms with Crippen molar-refractivity contribution >= 4 is 34.5 Å². The van der Waals surface area contributed by atoms with Crippen molar-refractivity contribution < 1.29 is 14.3 Å². The van der Waals surface area contributed by atoms with Gasteiger partial charge < -0.3 is 14.8 Å². The molecule has 0 fully saturated rings. The normalized spacial score (nSPS) is 14.2. The number of ether oxygens (including phenoxy) is 2.